The number of fused-ring (bicyclic) bond motifs is 2. The average Bonchev–Trinajstić information content (AvgIpc) is 2.47. The summed E-state index contributed by atoms with van der Waals surface area (Å²) in [4.78, 5) is 0. The third kappa shape index (κ3) is 1.29. The van der Waals surface area contributed by atoms with Gasteiger partial charge in [0, 0.05) is 0 Å². The summed E-state index contributed by atoms with van der Waals surface area (Å²) >= 11 is 0. The molecule has 0 bridgehead atoms. The van der Waals surface area contributed by atoms with Crippen LogP contribution in [0.25, 0.3) is 10.8 Å². The van der Waals surface area contributed by atoms with Crippen molar-refractivity contribution in [1.29, 1.82) is 0 Å². The van der Waals surface area contributed by atoms with Gasteiger partial charge in [0.25, 0.3) is 0 Å². The standard InChI is InChI=1S/C16H18/c1-11-10-16(2,3)15-9-13-7-5-4-6-12(13)8-14(11)15/h4-9,11H,10H2,1-3H3. The van der Waals surface area contributed by atoms with E-state index in [1.807, 2.05) is 0 Å². The molecule has 0 radical (unpaired) electrons. The minimum Gasteiger partial charge on any atom is -0.0616 e. The lowest BCUT2D eigenvalue weighted by Crippen LogP contribution is -2.11. The highest BCUT2D eigenvalue weighted by atomic mass is 14.4. The van der Waals surface area contributed by atoms with Gasteiger partial charge in [-0.25, -0.2) is 0 Å². The van der Waals surface area contributed by atoms with Crippen LogP contribution in [0.1, 0.15) is 44.2 Å². The molecular weight excluding hydrogens is 192 g/mol. The predicted octanol–water partition coefficient (Wildman–Crippen LogP) is 4.62. The van der Waals surface area contributed by atoms with Crippen LogP contribution in [0.3, 0.4) is 0 Å². The molecule has 1 unspecified atom stereocenters. The molecule has 1 aliphatic carbocycles. The molecule has 2 aromatic rings. The fourth-order valence-electron chi connectivity index (χ4n) is 3.24. The molecule has 1 atom stereocenters. The Labute approximate surface area is 97.3 Å². The quantitative estimate of drug-likeness (QED) is 0.595. The minimum atomic E-state index is 0.346. The maximum atomic E-state index is 2.40. The van der Waals surface area contributed by atoms with Crippen LogP contribution >= 0.6 is 0 Å². The van der Waals surface area contributed by atoms with E-state index in [1.54, 1.807) is 11.1 Å². The summed E-state index contributed by atoms with van der Waals surface area (Å²) in [6.07, 6.45) is 1.28. The van der Waals surface area contributed by atoms with E-state index in [0.29, 0.717) is 11.3 Å². The Morgan fingerprint density at radius 3 is 2.38 bits per heavy atom. The SMILES string of the molecule is CC1CC(C)(C)c2cc3ccccc3cc21. The highest BCUT2D eigenvalue weighted by molar-refractivity contribution is 5.85. The van der Waals surface area contributed by atoms with Crippen LogP contribution in [0.5, 0.6) is 0 Å². The van der Waals surface area contributed by atoms with Gasteiger partial charge in [-0.3, -0.25) is 0 Å². The van der Waals surface area contributed by atoms with E-state index in [0.717, 1.165) is 0 Å². The topological polar surface area (TPSA) is 0 Å². The molecule has 0 saturated heterocycles. The van der Waals surface area contributed by atoms with E-state index in [2.05, 4.69) is 57.2 Å². The Hall–Kier alpha value is -1.30. The molecule has 0 heterocycles. The van der Waals surface area contributed by atoms with E-state index in [-0.39, 0.29) is 0 Å². The molecule has 0 aliphatic heterocycles. The summed E-state index contributed by atoms with van der Waals surface area (Å²) in [6, 6.07) is 13.5. The zero-order valence-electron chi connectivity index (χ0n) is 10.2. The summed E-state index contributed by atoms with van der Waals surface area (Å²) < 4.78 is 0. The van der Waals surface area contributed by atoms with Gasteiger partial charge >= 0.3 is 0 Å². The highest BCUT2D eigenvalue weighted by Gasteiger charge is 2.34. The molecule has 0 heteroatoms. The van der Waals surface area contributed by atoms with Crippen LogP contribution in [0.4, 0.5) is 0 Å². The van der Waals surface area contributed by atoms with Gasteiger partial charge in [0.05, 0.1) is 0 Å². The molecule has 0 spiro atoms. The lowest BCUT2D eigenvalue weighted by atomic mass is 9.85. The van der Waals surface area contributed by atoms with Gasteiger partial charge in [-0.1, -0.05) is 57.2 Å². The molecule has 16 heavy (non-hydrogen) atoms. The first kappa shape index (κ1) is 9.89. The maximum Gasteiger partial charge on any atom is -0.00948 e. The van der Waals surface area contributed by atoms with E-state index in [4.69, 9.17) is 0 Å². The minimum absolute atomic E-state index is 0.346. The molecule has 0 saturated carbocycles. The number of hydrogen-bond donors (Lipinski definition) is 0. The van der Waals surface area contributed by atoms with Crippen LogP contribution in [0.15, 0.2) is 36.4 Å². The Kier molecular flexibility index (Phi) is 1.92. The van der Waals surface area contributed by atoms with Gasteiger partial charge < -0.3 is 0 Å². The van der Waals surface area contributed by atoms with Crippen molar-refractivity contribution >= 4 is 10.8 Å². The summed E-state index contributed by atoms with van der Waals surface area (Å²) in [5.41, 5.74) is 3.46. The maximum absolute atomic E-state index is 2.40. The smallest absolute Gasteiger partial charge is 0.00948 e. The summed E-state index contributed by atoms with van der Waals surface area (Å²) in [5.74, 6) is 0.703. The van der Waals surface area contributed by atoms with Crippen LogP contribution in [-0.2, 0) is 5.41 Å². The lowest BCUT2D eigenvalue weighted by molar-refractivity contribution is 0.489. The Morgan fingerprint density at radius 1 is 1.06 bits per heavy atom. The third-order valence-electron chi connectivity index (χ3n) is 3.99. The van der Waals surface area contributed by atoms with Crippen molar-refractivity contribution in [3.63, 3.8) is 0 Å². The molecule has 82 valence electrons. The average molecular weight is 210 g/mol. The van der Waals surface area contributed by atoms with Crippen molar-refractivity contribution in [3.05, 3.63) is 47.5 Å². The normalized spacial score (nSPS) is 22.3. The number of hydrogen-bond acceptors (Lipinski definition) is 0. The largest absolute Gasteiger partial charge is 0.0616 e. The first-order valence-electron chi connectivity index (χ1n) is 6.11. The molecule has 0 amide bonds. The Balaban J connectivity index is 2.34. The van der Waals surface area contributed by atoms with Gasteiger partial charge in [-0.2, -0.15) is 0 Å². The molecule has 2 aromatic carbocycles. The second kappa shape index (κ2) is 3.10. The van der Waals surface area contributed by atoms with Crippen molar-refractivity contribution in [3.8, 4) is 0 Å². The number of benzene rings is 2. The van der Waals surface area contributed by atoms with Crippen LogP contribution in [-0.4, -0.2) is 0 Å². The van der Waals surface area contributed by atoms with Gasteiger partial charge in [-0.15, -0.1) is 0 Å². The fraction of sp³-hybridized carbons (Fsp3) is 0.375. The number of rotatable bonds is 0. The van der Waals surface area contributed by atoms with Gasteiger partial charge in [0.1, 0.15) is 0 Å². The van der Waals surface area contributed by atoms with Gasteiger partial charge in [-0.05, 0) is 39.7 Å². The molecule has 0 fully saturated rings. The van der Waals surface area contributed by atoms with Crippen molar-refractivity contribution < 1.29 is 0 Å². The van der Waals surface area contributed by atoms with Crippen molar-refractivity contribution in [2.45, 2.75) is 38.5 Å². The van der Waals surface area contributed by atoms with E-state index < -0.39 is 0 Å². The van der Waals surface area contributed by atoms with Gasteiger partial charge in [0.15, 0.2) is 0 Å². The van der Waals surface area contributed by atoms with E-state index in [9.17, 15) is 0 Å². The van der Waals surface area contributed by atoms with Crippen LogP contribution in [0, 0.1) is 0 Å². The van der Waals surface area contributed by atoms with E-state index >= 15 is 0 Å². The summed E-state index contributed by atoms with van der Waals surface area (Å²) in [7, 11) is 0. The molecule has 0 nitrogen and oxygen atoms in total. The van der Waals surface area contributed by atoms with Crippen molar-refractivity contribution in [2.24, 2.45) is 0 Å². The highest BCUT2D eigenvalue weighted by Crippen LogP contribution is 2.46. The fourth-order valence-corrected chi connectivity index (χ4v) is 3.24. The van der Waals surface area contributed by atoms with Gasteiger partial charge in [0.2, 0.25) is 0 Å². The first-order chi connectivity index (χ1) is 7.58. The lowest BCUT2D eigenvalue weighted by Gasteiger charge is -2.19. The van der Waals surface area contributed by atoms with E-state index in [1.165, 1.54) is 17.2 Å². The summed E-state index contributed by atoms with van der Waals surface area (Å²) in [6.45, 7) is 7.08. The Bertz CT molecular complexity index is 549. The zero-order valence-corrected chi connectivity index (χ0v) is 10.2. The Morgan fingerprint density at radius 2 is 1.69 bits per heavy atom. The predicted molar refractivity (Wildman–Crippen MR) is 70.0 cm³/mol. The third-order valence-corrected chi connectivity index (χ3v) is 3.99. The monoisotopic (exact) mass is 210 g/mol. The molecule has 0 N–H and O–H groups in total. The molecule has 0 aromatic heterocycles. The summed E-state index contributed by atoms with van der Waals surface area (Å²) in [5, 5.41) is 2.76. The molecular formula is C16H18. The second-order valence-corrected chi connectivity index (χ2v) is 5.78. The van der Waals surface area contributed by atoms with Crippen molar-refractivity contribution in [1.82, 2.24) is 0 Å². The van der Waals surface area contributed by atoms with Crippen LogP contribution in [0.2, 0.25) is 0 Å². The molecule has 3 rings (SSSR count). The molecule has 1 aliphatic rings. The zero-order chi connectivity index (χ0) is 11.3. The van der Waals surface area contributed by atoms with Crippen LogP contribution < -0.4 is 0 Å². The first-order valence-corrected chi connectivity index (χ1v) is 6.11. The van der Waals surface area contributed by atoms with Crippen molar-refractivity contribution in [2.75, 3.05) is 0 Å². The second-order valence-electron chi connectivity index (χ2n) is 5.78.